The minimum Gasteiger partial charge on any atom is -0.463 e. The molecular formula is C20H23NO5S. The molecule has 0 atom stereocenters. The molecule has 2 aromatic rings. The van der Waals surface area contributed by atoms with E-state index in [0.29, 0.717) is 29.4 Å². The van der Waals surface area contributed by atoms with Crippen molar-refractivity contribution >= 4 is 27.8 Å². The summed E-state index contributed by atoms with van der Waals surface area (Å²) in [6.45, 7) is 2.41. The van der Waals surface area contributed by atoms with E-state index in [1.54, 1.807) is 36.4 Å². The van der Waals surface area contributed by atoms with Gasteiger partial charge in [0.15, 0.2) is 5.75 Å². The van der Waals surface area contributed by atoms with Crippen molar-refractivity contribution in [1.29, 1.82) is 0 Å². The molecule has 27 heavy (non-hydrogen) atoms. The van der Waals surface area contributed by atoms with Crippen molar-refractivity contribution in [3.05, 3.63) is 60.2 Å². The van der Waals surface area contributed by atoms with Gasteiger partial charge in [0.2, 0.25) is 10.0 Å². The first-order valence-electron chi connectivity index (χ1n) is 8.57. The van der Waals surface area contributed by atoms with Crippen molar-refractivity contribution in [2.75, 3.05) is 17.6 Å². The molecule has 0 spiro atoms. The van der Waals surface area contributed by atoms with E-state index < -0.39 is 16.0 Å². The third kappa shape index (κ3) is 7.53. The van der Waals surface area contributed by atoms with Gasteiger partial charge in [-0.3, -0.25) is 4.72 Å². The number of sulfonamides is 1. The maximum absolute atomic E-state index is 11.7. The second-order valence-corrected chi connectivity index (χ2v) is 7.65. The molecule has 0 aromatic heterocycles. The molecule has 0 bridgehead atoms. The van der Waals surface area contributed by atoms with E-state index in [9.17, 15) is 13.2 Å². The Balaban J connectivity index is 2.22. The summed E-state index contributed by atoms with van der Waals surface area (Å²) in [7, 11) is -3.47. The zero-order valence-corrected chi connectivity index (χ0v) is 16.2. The number of carbonyl (C=O) groups is 1. The zero-order chi connectivity index (χ0) is 19.7. The Bertz CT molecular complexity index is 892. The van der Waals surface area contributed by atoms with Gasteiger partial charge in [-0.1, -0.05) is 37.6 Å². The molecule has 0 unspecified atom stereocenters. The normalized spacial score (nSPS) is 11.3. The fourth-order valence-electron chi connectivity index (χ4n) is 2.16. The van der Waals surface area contributed by atoms with E-state index in [0.717, 1.165) is 19.1 Å². The number of rotatable bonds is 9. The van der Waals surface area contributed by atoms with Crippen molar-refractivity contribution in [1.82, 2.24) is 0 Å². The third-order valence-corrected chi connectivity index (χ3v) is 4.02. The lowest BCUT2D eigenvalue weighted by atomic mass is 10.1. The molecule has 2 rings (SSSR count). The highest BCUT2D eigenvalue weighted by molar-refractivity contribution is 7.92. The van der Waals surface area contributed by atoms with Gasteiger partial charge in [0.25, 0.3) is 0 Å². The van der Waals surface area contributed by atoms with Crippen LogP contribution in [-0.4, -0.2) is 27.2 Å². The third-order valence-electron chi connectivity index (χ3n) is 3.43. The maximum atomic E-state index is 11.7. The Morgan fingerprint density at radius 2 is 1.89 bits per heavy atom. The first kappa shape index (κ1) is 20.5. The van der Waals surface area contributed by atoms with E-state index in [4.69, 9.17) is 9.47 Å². The molecule has 144 valence electrons. The summed E-state index contributed by atoms with van der Waals surface area (Å²) in [5.74, 6) is 0.467. The van der Waals surface area contributed by atoms with Crippen LogP contribution in [0.15, 0.2) is 54.6 Å². The lowest BCUT2D eigenvalue weighted by Gasteiger charge is -2.13. The van der Waals surface area contributed by atoms with Crippen molar-refractivity contribution < 1.29 is 22.7 Å². The van der Waals surface area contributed by atoms with Gasteiger partial charge in [0, 0.05) is 6.08 Å². The number of anilines is 1. The van der Waals surface area contributed by atoms with Gasteiger partial charge in [-0.2, -0.15) is 0 Å². The largest absolute Gasteiger partial charge is 0.463 e. The summed E-state index contributed by atoms with van der Waals surface area (Å²) in [5.41, 5.74) is 0.983. The number of hydrogen-bond acceptors (Lipinski definition) is 5. The Hall–Kier alpha value is -2.80. The Morgan fingerprint density at radius 3 is 2.56 bits per heavy atom. The van der Waals surface area contributed by atoms with E-state index in [-0.39, 0.29) is 0 Å². The molecule has 0 aliphatic heterocycles. The van der Waals surface area contributed by atoms with Gasteiger partial charge in [-0.25, -0.2) is 13.2 Å². The van der Waals surface area contributed by atoms with Crippen LogP contribution < -0.4 is 9.46 Å². The van der Waals surface area contributed by atoms with Crippen molar-refractivity contribution in [2.45, 2.75) is 19.8 Å². The van der Waals surface area contributed by atoms with Crippen LogP contribution in [-0.2, 0) is 19.6 Å². The van der Waals surface area contributed by atoms with Crippen LogP contribution in [0.5, 0.6) is 11.5 Å². The summed E-state index contributed by atoms with van der Waals surface area (Å²) >= 11 is 0. The molecule has 6 nitrogen and oxygen atoms in total. The molecule has 7 heteroatoms. The molecule has 0 aliphatic carbocycles. The molecule has 1 N–H and O–H groups in total. The second kappa shape index (κ2) is 9.78. The molecular weight excluding hydrogens is 366 g/mol. The average Bonchev–Trinajstić information content (AvgIpc) is 2.62. The Labute approximate surface area is 159 Å². The highest BCUT2D eigenvalue weighted by Crippen LogP contribution is 2.31. The fourth-order valence-corrected chi connectivity index (χ4v) is 2.72. The standard InChI is InChI=1S/C20H23NO5S/c1-3-4-14-25-20(22)13-11-16-10-12-18(21-27(2,23)24)19(15-16)26-17-8-6-5-7-9-17/h5-13,15,21H,3-4,14H2,1-2H3/b13-11+. The number of carbonyl (C=O) groups excluding carboxylic acids is 1. The second-order valence-electron chi connectivity index (χ2n) is 5.90. The molecule has 0 amide bonds. The van der Waals surface area contributed by atoms with Gasteiger partial charge < -0.3 is 9.47 Å². The molecule has 0 fully saturated rings. The van der Waals surface area contributed by atoms with Gasteiger partial charge in [0.1, 0.15) is 5.75 Å². The van der Waals surface area contributed by atoms with Crippen LogP contribution in [0.3, 0.4) is 0 Å². The van der Waals surface area contributed by atoms with Crippen LogP contribution in [0.4, 0.5) is 5.69 Å². The Morgan fingerprint density at radius 1 is 1.15 bits per heavy atom. The molecule has 2 aromatic carbocycles. The van der Waals surface area contributed by atoms with Gasteiger partial charge in [-0.15, -0.1) is 0 Å². The molecule has 0 aliphatic rings. The number of nitrogens with one attached hydrogen (secondary N) is 1. The number of unbranched alkanes of at least 4 members (excludes halogenated alkanes) is 1. The summed E-state index contributed by atoms with van der Waals surface area (Å²) < 4.78 is 36.5. The lowest BCUT2D eigenvalue weighted by Crippen LogP contribution is -2.10. The maximum Gasteiger partial charge on any atom is 0.330 e. The predicted octanol–water partition coefficient (Wildman–Crippen LogP) is 4.21. The summed E-state index contributed by atoms with van der Waals surface area (Å²) in [6.07, 6.45) is 5.77. The summed E-state index contributed by atoms with van der Waals surface area (Å²) in [4.78, 5) is 11.7. The monoisotopic (exact) mass is 389 g/mol. The fraction of sp³-hybridized carbons (Fsp3) is 0.250. The van der Waals surface area contributed by atoms with Crippen LogP contribution in [0, 0.1) is 0 Å². The van der Waals surface area contributed by atoms with Crippen LogP contribution in [0.25, 0.3) is 6.08 Å². The van der Waals surface area contributed by atoms with Crippen LogP contribution in [0.2, 0.25) is 0 Å². The number of esters is 1. The number of benzene rings is 2. The molecule has 0 radical (unpaired) electrons. The molecule has 0 saturated carbocycles. The minimum absolute atomic E-state index is 0.309. The van der Waals surface area contributed by atoms with Gasteiger partial charge in [-0.05, 0) is 42.3 Å². The van der Waals surface area contributed by atoms with Gasteiger partial charge in [0.05, 0.1) is 18.6 Å². The first-order valence-corrected chi connectivity index (χ1v) is 10.5. The minimum atomic E-state index is -3.47. The molecule has 0 heterocycles. The van der Waals surface area contributed by atoms with Gasteiger partial charge >= 0.3 is 5.97 Å². The van der Waals surface area contributed by atoms with E-state index in [1.165, 1.54) is 6.08 Å². The number of hydrogen-bond donors (Lipinski definition) is 1. The summed E-state index contributed by atoms with van der Waals surface area (Å²) in [5, 5.41) is 0. The Kier molecular flexibility index (Phi) is 7.43. The SMILES string of the molecule is CCCCOC(=O)/C=C/c1ccc(NS(C)(=O)=O)c(Oc2ccccc2)c1. The van der Waals surface area contributed by atoms with Crippen molar-refractivity contribution in [3.63, 3.8) is 0 Å². The summed E-state index contributed by atoms with van der Waals surface area (Å²) in [6, 6.07) is 13.9. The quantitative estimate of drug-likeness (QED) is 0.395. The zero-order valence-electron chi connectivity index (χ0n) is 15.3. The van der Waals surface area contributed by atoms with E-state index in [2.05, 4.69) is 4.72 Å². The average molecular weight is 389 g/mol. The van der Waals surface area contributed by atoms with Crippen molar-refractivity contribution in [2.24, 2.45) is 0 Å². The van der Waals surface area contributed by atoms with E-state index in [1.807, 2.05) is 25.1 Å². The van der Waals surface area contributed by atoms with Crippen molar-refractivity contribution in [3.8, 4) is 11.5 Å². The smallest absolute Gasteiger partial charge is 0.330 e. The highest BCUT2D eigenvalue weighted by atomic mass is 32.2. The number of para-hydroxylation sites is 1. The highest BCUT2D eigenvalue weighted by Gasteiger charge is 2.10. The molecule has 0 saturated heterocycles. The first-order chi connectivity index (χ1) is 12.9. The lowest BCUT2D eigenvalue weighted by molar-refractivity contribution is -0.137. The van der Waals surface area contributed by atoms with Crippen LogP contribution in [0.1, 0.15) is 25.3 Å². The predicted molar refractivity (Wildman–Crippen MR) is 106 cm³/mol. The van der Waals surface area contributed by atoms with Crippen LogP contribution >= 0.6 is 0 Å². The topological polar surface area (TPSA) is 81.7 Å². The number of ether oxygens (including phenoxy) is 2. The van der Waals surface area contributed by atoms with E-state index >= 15 is 0 Å².